The van der Waals surface area contributed by atoms with Crippen LogP contribution in [-0.4, -0.2) is 26.1 Å². The number of amides is 1. The van der Waals surface area contributed by atoms with Gasteiger partial charge in [0.05, 0.1) is 11.8 Å². The number of carbonyl (C=O) groups is 1. The van der Waals surface area contributed by atoms with Crippen molar-refractivity contribution < 1.29 is 13.2 Å². The van der Waals surface area contributed by atoms with Gasteiger partial charge in [-0.2, -0.15) is 0 Å². The minimum absolute atomic E-state index is 0.00164. The molecule has 0 radical (unpaired) electrons. The first-order chi connectivity index (χ1) is 7.46. The van der Waals surface area contributed by atoms with Gasteiger partial charge in [-0.25, -0.2) is 8.42 Å². The molecule has 92 valence electrons. The quantitative estimate of drug-likeness (QED) is 0.792. The van der Waals surface area contributed by atoms with Gasteiger partial charge in [-0.1, -0.05) is 26.7 Å². The van der Waals surface area contributed by atoms with Crippen LogP contribution in [0.15, 0.2) is 11.5 Å². The van der Waals surface area contributed by atoms with E-state index in [0.29, 0.717) is 12.3 Å². The molecule has 16 heavy (non-hydrogen) atoms. The van der Waals surface area contributed by atoms with Crippen molar-refractivity contribution >= 4 is 15.7 Å². The summed E-state index contributed by atoms with van der Waals surface area (Å²) in [6, 6.07) is -0.341. The zero-order valence-corrected chi connectivity index (χ0v) is 10.6. The minimum atomic E-state index is -3.08. The zero-order chi connectivity index (χ0) is 12.2. The van der Waals surface area contributed by atoms with Crippen LogP contribution in [-0.2, 0) is 14.6 Å². The number of hydrogen-bond acceptors (Lipinski definition) is 3. The van der Waals surface area contributed by atoms with Crippen LogP contribution in [0.3, 0.4) is 0 Å². The molecule has 1 amide bonds. The van der Waals surface area contributed by atoms with Crippen LogP contribution < -0.4 is 5.32 Å². The van der Waals surface area contributed by atoms with Crippen molar-refractivity contribution in [2.24, 2.45) is 5.92 Å². The molecule has 1 rings (SSSR count). The molecular weight excluding hydrogens is 226 g/mol. The zero-order valence-electron chi connectivity index (χ0n) is 9.77. The molecule has 0 bridgehead atoms. The van der Waals surface area contributed by atoms with Crippen molar-refractivity contribution in [1.29, 1.82) is 0 Å². The third-order valence-corrected chi connectivity index (χ3v) is 4.30. The second-order valence-electron chi connectivity index (χ2n) is 4.22. The molecule has 0 aromatic rings. The van der Waals surface area contributed by atoms with E-state index in [2.05, 4.69) is 19.2 Å². The molecule has 1 aliphatic rings. The van der Waals surface area contributed by atoms with Gasteiger partial charge in [0.2, 0.25) is 5.91 Å². The van der Waals surface area contributed by atoms with E-state index in [1.54, 1.807) is 6.08 Å². The maximum Gasteiger partial charge on any atom is 0.220 e. The highest BCUT2D eigenvalue weighted by atomic mass is 32.2. The molecule has 1 N–H and O–H groups in total. The SMILES string of the molecule is CCC(CC)CC(=O)NC1C=CS(=O)(=O)C1. The third kappa shape index (κ3) is 3.96. The van der Waals surface area contributed by atoms with E-state index in [1.165, 1.54) is 5.41 Å². The van der Waals surface area contributed by atoms with E-state index in [-0.39, 0.29) is 17.7 Å². The Hall–Kier alpha value is -0.840. The summed E-state index contributed by atoms with van der Waals surface area (Å²) in [6.07, 6.45) is 3.98. The van der Waals surface area contributed by atoms with Crippen LogP contribution >= 0.6 is 0 Å². The van der Waals surface area contributed by atoms with E-state index in [1.807, 2.05) is 0 Å². The van der Waals surface area contributed by atoms with Gasteiger partial charge in [-0.3, -0.25) is 4.79 Å². The molecule has 0 spiro atoms. The summed E-state index contributed by atoms with van der Waals surface area (Å²) < 4.78 is 22.2. The fourth-order valence-corrected chi connectivity index (χ4v) is 3.01. The summed E-state index contributed by atoms with van der Waals surface area (Å²) >= 11 is 0. The molecule has 5 heteroatoms. The standard InChI is InChI=1S/C11H19NO3S/c1-3-9(4-2)7-11(13)12-10-5-6-16(14,15)8-10/h5-6,9-10H,3-4,7-8H2,1-2H3,(H,12,13). The van der Waals surface area contributed by atoms with Gasteiger partial charge < -0.3 is 5.32 Å². The van der Waals surface area contributed by atoms with E-state index >= 15 is 0 Å². The fraction of sp³-hybridized carbons (Fsp3) is 0.727. The molecule has 1 atom stereocenters. The Balaban J connectivity index is 2.39. The molecule has 0 saturated carbocycles. The van der Waals surface area contributed by atoms with Gasteiger partial charge in [0, 0.05) is 11.8 Å². The van der Waals surface area contributed by atoms with Gasteiger partial charge in [0.1, 0.15) is 0 Å². The first kappa shape index (κ1) is 13.2. The summed E-state index contributed by atoms with van der Waals surface area (Å²) in [5, 5.41) is 3.90. The normalized spacial score (nSPS) is 22.6. The topological polar surface area (TPSA) is 63.2 Å². The number of hydrogen-bond donors (Lipinski definition) is 1. The van der Waals surface area contributed by atoms with Crippen molar-refractivity contribution in [2.45, 2.75) is 39.2 Å². The molecule has 1 heterocycles. The van der Waals surface area contributed by atoms with Crippen molar-refractivity contribution in [3.63, 3.8) is 0 Å². The van der Waals surface area contributed by atoms with E-state index < -0.39 is 9.84 Å². The highest BCUT2D eigenvalue weighted by molar-refractivity contribution is 7.94. The van der Waals surface area contributed by atoms with Crippen LogP contribution in [0.4, 0.5) is 0 Å². The van der Waals surface area contributed by atoms with Crippen molar-refractivity contribution in [1.82, 2.24) is 5.32 Å². The maximum atomic E-state index is 11.6. The summed E-state index contributed by atoms with van der Waals surface area (Å²) in [6.45, 7) is 4.11. The Labute approximate surface area is 97.0 Å². The highest BCUT2D eigenvalue weighted by Gasteiger charge is 2.23. The molecule has 0 aromatic carbocycles. The van der Waals surface area contributed by atoms with Gasteiger partial charge in [0.15, 0.2) is 9.84 Å². The molecule has 0 saturated heterocycles. The van der Waals surface area contributed by atoms with E-state index in [9.17, 15) is 13.2 Å². The van der Waals surface area contributed by atoms with Crippen LogP contribution in [0.25, 0.3) is 0 Å². The summed E-state index contributed by atoms with van der Waals surface area (Å²) in [4.78, 5) is 11.6. The lowest BCUT2D eigenvalue weighted by molar-refractivity contribution is -0.122. The maximum absolute atomic E-state index is 11.6. The smallest absolute Gasteiger partial charge is 0.220 e. The summed E-state index contributed by atoms with van der Waals surface area (Å²) in [5.74, 6) is 0.337. The summed E-state index contributed by atoms with van der Waals surface area (Å²) in [7, 11) is -3.08. The Morgan fingerprint density at radius 2 is 2.06 bits per heavy atom. The minimum Gasteiger partial charge on any atom is -0.349 e. The predicted molar refractivity (Wildman–Crippen MR) is 63.5 cm³/mol. The lowest BCUT2D eigenvalue weighted by Gasteiger charge is -2.14. The lowest BCUT2D eigenvalue weighted by atomic mass is 9.99. The lowest BCUT2D eigenvalue weighted by Crippen LogP contribution is -2.36. The third-order valence-electron chi connectivity index (χ3n) is 2.91. The van der Waals surface area contributed by atoms with E-state index in [4.69, 9.17) is 0 Å². The van der Waals surface area contributed by atoms with Gasteiger partial charge in [-0.05, 0) is 12.0 Å². The second kappa shape index (κ2) is 5.48. The summed E-state index contributed by atoms with van der Waals surface area (Å²) in [5.41, 5.74) is 0. The van der Waals surface area contributed by atoms with Crippen molar-refractivity contribution in [3.8, 4) is 0 Å². The van der Waals surface area contributed by atoms with Crippen molar-refractivity contribution in [2.75, 3.05) is 5.75 Å². The number of nitrogens with one attached hydrogen (secondary N) is 1. The van der Waals surface area contributed by atoms with Gasteiger partial charge >= 0.3 is 0 Å². The molecule has 1 unspecified atom stereocenters. The molecule has 0 fully saturated rings. The molecule has 1 aliphatic heterocycles. The first-order valence-electron chi connectivity index (χ1n) is 5.67. The molecular formula is C11H19NO3S. The Bertz CT molecular complexity index is 369. The predicted octanol–water partition coefficient (Wildman–Crippen LogP) is 1.24. The molecule has 4 nitrogen and oxygen atoms in total. The average molecular weight is 245 g/mol. The molecule has 0 aromatic heterocycles. The highest BCUT2D eigenvalue weighted by Crippen LogP contribution is 2.13. The first-order valence-corrected chi connectivity index (χ1v) is 7.38. The number of rotatable bonds is 5. The van der Waals surface area contributed by atoms with Crippen LogP contribution in [0, 0.1) is 5.92 Å². The van der Waals surface area contributed by atoms with E-state index in [0.717, 1.165) is 12.8 Å². The van der Waals surface area contributed by atoms with Crippen LogP contribution in [0.2, 0.25) is 0 Å². The Morgan fingerprint density at radius 3 is 2.50 bits per heavy atom. The average Bonchev–Trinajstić information content (AvgIpc) is 2.54. The van der Waals surface area contributed by atoms with Crippen LogP contribution in [0.1, 0.15) is 33.1 Å². The second-order valence-corrected chi connectivity index (χ2v) is 6.15. The number of sulfone groups is 1. The number of carbonyl (C=O) groups excluding carboxylic acids is 1. The fourth-order valence-electron chi connectivity index (χ4n) is 1.77. The Kier molecular flexibility index (Phi) is 4.53. The van der Waals surface area contributed by atoms with Crippen LogP contribution in [0.5, 0.6) is 0 Å². The van der Waals surface area contributed by atoms with Gasteiger partial charge in [-0.15, -0.1) is 0 Å². The monoisotopic (exact) mass is 245 g/mol. The molecule has 0 aliphatic carbocycles. The van der Waals surface area contributed by atoms with Crippen molar-refractivity contribution in [3.05, 3.63) is 11.5 Å². The Morgan fingerprint density at radius 1 is 1.44 bits per heavy atom. The largest absolute Gasteiger partial charge is 0.349 e. The van der Waals surface area contributed by atoms with Gasteiger partial charge in [0.25, 0.3) is 0 Å².